The molecule has 1 aromatic rings. The SMILES string of the molecule is CCc1nc(NC)c(C)c(NC(C)C2CCCO2)n1. The summed E-state index contributed by atoms with van der Waals surface area (Å²) in [6, 6.07) is 0.269. The molecule has 0 spiro atoms. The van der Waals surface area contributed by atoms with Gasteiger partial charge in [0.05, 0.1) is 12.1 Å². The fourth-order valence-electron chi connectivity index (χ4n) is 2.41. The number of ether oxygens (including phenoxy) is 1. The standard InChI is InChI=1S/C14H24N4O/c1-5-12-17-13(15-4)9(2)14(18-12)16-10(3)11-7-6-8-19-11/h10-11H,5-8H2,1-4H3,(H2,15,16,17,18). The summed E-state index contributed by atoms with van der Waals surface area (Å²) in [6.45, 7) is 7.14. The lowest BCUT2D eigenvalue weighted by atomic mass is 10.1. The minimum atomic E-state index is 0.269. The average Bonchev–Trinajstić information content (AvgIpc) is 2.95. The lowest BCUT2D eigenvalue weighted by molar-refractivity contribution is 0.0995. The summed E-state index contributed by atoms with van der Waals surface area (Å²) in [7, 11) is 1.89. The van der Waals surface area contributed by atoms with E-state index in [4.69, 9.17) is 4.74 Å². The van der Waals surface area contributed by atoms with Crippen molar-refractivity contribution in [2.24, 2.45) is 0 Å². The molecule has 2 rings (SSSR count). The fourth-order valence-corrected chi connectivity index (χ4v) is 2.41. The highest BCUT2D eigenvalue weighted by Gasteiger charge is 2.23. The van der Waals surface area contributed by atoms with Gasteiger partial charge in [-0.15, -0.1) is 0 Å². The Hall–Kier alpha value is -1.36. The van der Waals surface area contributed by atoms with Crippen LogP contribution in [0.2, 0.25) is 0 Å². The number of anilines is 2. The van der Waals surface area contributed by atoms with E-state index in [0.29, 0.717) is 0 Å². The van der Waals surface area contributed by atoms with Gasteiger partial charge < -0.3 is 15.4 Å². The van der Waals surface area contributed by atoms with Crippen molar-refractivity contribution in [3.8, 4) is 0 Å². The molecule has 0 aromatic carbocycles. The van der Waals surface area contributed by atoms with Crippen LogP contribution < -0.4 is 10.6 Å². The second-order valence-electron chi connectivity index (χ2n) is 5.05. The largest absolute Gasteiger partial charge is 0.376 e. The number of nitrogens with zero attached hydrogens (tertiary/aromatic N) is 2. The summed E-state index contributed by atoms with van der Waals surface area (Å²) in [5, 5.41) is 6.62. The van der Waals surface area contributed by atoms with E-state index in [1.165, 1.54) is 0 Å². The number of rotatable bonds is 5. The van der Waals surface area contributed by atoms with Crippen LogP contribution in [-0.4, -0.2) is 35.8 Å². The summed E-state index contributed by atoms with van der Waals surface area (Å²) in [5.74, 6) is 2.67. The minimum Gasteiger partial charge on any atom is -0.376 e. The Morgan fingerprint density at radius 2 is 2.11 bits per heavy atom. The van der Waals surface area contributed by atoms with Crippen molar-refractivity contribution in [1.29, 1.82) is 0 Å². The van der Waals surface area contributed by atoms with Crippen molar-refractivity contribution in [1.82, 2.24) is 9.97 Å². The van der Waals surface area contributed by atoms with E-state index >= 15 is 0 Å². The number of hydrogen-bond donors (Lipinski definition) is 2. The second-order valence-corrected chi connectivity index (χ2v) is 5.05. The summed E-state index contributed by atoms with van der Waals surface area (Å²) < 4.78 is 5.72. The van der Waals surface area contributed by atoms with Crippen LogP contribution in [0.1, 0.15) is 38.1 Å². The first-order valence-electron chi connectivity index (χ1n) is 7.09. The predicted octanol–water partition coefficient (Wildman–Crippen LogP) is 2.37. The molecular weight excluding hydrogens is 240 g/mol. The highest BCUT2D eigenvalue weighted by molar-refractivity contribution is 5.57. The van der Waals surface area contributed by atoms with Gasteiger partial charge in [0.15, 0.2) is 0 Å². The van der Waals surface area contributed by atoms with Crippen LogP contribution in [0.3, 0.4) is 0 Å². The molecule has 2 heterocycles. The maximum atomic E-state index is 5.72. The van der Waals surface area contributed by atoms with E-state index in [9.17, 15) is 0 Å². The van der Waals surface area contributed by atoms with Gasteiger partial charge >= 0.3 is 0 Å². The molecule has 1 saturated heterocycles. The highest BCUT2D eigenvalue weighted by Crippen LogP contribution is 2.23. The van der Waals surface area contributed by atoms with Gasteiger partial charge in [-0.05, 0) is 26.7 Å². The van der Waals surface area contributed by atoms with E-state index < -0.39 is 0 Å². The summed E-state index contributed by atoms with van der Waals surface area (Å²) in [4.78, 5) is 9.07. The van der Waals surface area contributed by atoms with Gasteiger partial charge in [-0.1, -0.05) is 6.92 Å². The van der Waals surface area contributed by atoms with Crippen molar-refractivity contribution >= 4 is 11.6 Å². The molecule has 1 aromatic heterocycles. The van der Waals surface area contributed by atoms with Crippen LogP contribution in [0.4, 0.5) is 11.6 Å². The van der Waals surface area contributed by atoms with Crippen LogP contribution in [0.25, 0.3) is 0 Å². The summed E-state index contributed by atoms with van der Waals surface area (Å²) in [6.07, 6.45) is 3.40. The molecule has 106 valence electrons. The van der Waals surface area contributed by atoms with E-state index in [1.54, 1.807) is 0 Å². The lowest BCUT2D eigenvalue weighted by Gasteiger charge is -2.22. The molecule has 0 saturated carbocycles. The first-order valence-corrected chi connectivity index (χ1v) is 7.09. The molecule has 2 N–H and O–H groups in total. The smallest absolute Gasteiger partial charge is 0.135 e. The highest BCUT2D eigenvalue weighted by atomic mass is 16.5. The maximum Gasteiger partial charge on any atom is 0.135 e. The minimum absolute atomic E-state index is 0.269. The zero-order chi connectivity index (χ0) is 13.8. The topological polar surface area (TPSA) is 59.1 Å². The Bertz CT molecular complexity index is 430. The van der Waals surface area contributed by atoms with Gasteiger partial charge in [-0.2, -0.15) is 0 Å². The molecule has 2 atom stereocenters. The van der Waals surface area contributed by atoms with E-state index in [2.05, 4.69) is 34.4 Å². The van der Waals surface area contributed by atoms with E-state index in [1.807, 2.05) is 14.0 Å². The van der Waals surface area contributed by atoms with Crippen molar-refractivity contribution in [2.45, 2.75) is 52.2 Å². The normalized spacial score (nSPS) is 20.3. The summed E-state index contributed by atoms with van der Waals surface area (Å²) >= 11 is 0. The van der Waals surface area contributed by atoms with Crippen LogP contribution in [0, 0.1) is 6.92 Å². The van der Waals surface area contributed by atoms with Crippen molar-refractivity contribution in [3.05, 3.63) is 11.4 Å². The fraction of sp³-hybridized carbons (Fsp3) is 0.714. The molecule has 2 unspecified atom stereocenters. The number of aryl methyl sites for hydroxylation is 1. The summed E-state index contributed by atoms with van der Waals surface area (Å²) in [5.41, 5.74) is 1.06. The van der Waals surface area contributed by atoms with Gasteiger partial charge in [-0.3, -0.25) is 0 Å². The molecule has 1 aliphatic rings. The Morgan fingerprint density at radius 1 is 1.37 bits per heavy atom. The molecule has 1 aliphatic heterocycles. The first-order chi connectivity index (χ1) is 9.15. The third-order valence-electron chi connectivity index (χ3n) is 3.63. The predicted molar refractivity (Wildman–Crippen MR) is 77.8 cm³/mol. The van der Waals surface area contributed by atoms with E-state index in [-0.39, 0.29) is 12.1 Å². The molecule has 19 heavy (non-hydrogen) atoms. The Labute approximate surface area is 115 Å². The van der Waals surface area contributed by atoms with Crippen molar-refractivity contribution in [2.75, 3.05) is 24.3 Å². The molecule has 5 heteroatoms. The molecule has 0 bridgehead atoms. The molecule has 0 aliphatic carbocycles. The molecule has 5 nitrogen and oxygen atoms in total. The maximum absolute atomic E-state index is 5.72. The van der Waals surface area contributed by atoms with Crippen molar-refractivity contribution in [3.63, 3.8) is 0 Å². The monoisotopic (exact) mass is 264 g/mol. The molecule has 0 radical (unpaired) electrons. The van der Waals surface area contributed by atoms with Gasteiger partial charge in [0.2, 0.25) is 0 Å². The molecule has 0 amide bonds. The number of hydrogen-bond acceptors (Lipinski definition) is 5. The third-order valence-corrected chi connectivity index (χ3v) is 3.63. The average molecular weight is 264 g/mol. The third kappa shape index (κ3) is 3.15. The van der Waals surface area contributed by atoms with Crippen LogP contribution in [0.5, 0.6) is 0 Å². The zero-order valence-electron chi connectivity index (χ0n) is 12.3. The quantitative estimate of drug-likeness (QED) is 0.855. The first kappa shape index (κ1) is 14.1. The van der Waals surface area contributed by atoms with Gasteiger partial charge in [0.25, 0.3) is 0 Å². The second kappa shape index (κ2) is 6.19. The van der Waals surface area contributed by atoms with Gasteiger partial charge in [-0.25, -0.2) is 9.97 Å². The van der Waals surface area contributed by atoms with Crippen LogP contribution >= 0.6 is 0 Å². The van der Waals surface area contributed by atoms with Crippen LogP contribution in [-0.2, 0) is 11.2 Å². The van der Waals surface area contributed by atoms with Crippen molar-refractivity contribution < 1.29 is 4.74 Å². The molecule has 1 fully saturated rings. The Balaban J connectivity index is 2.18. The zero-order valence-corrected chi connectivity index (χ0v) is 12.3. The molecular formula is C14H24N4O. The lowest BCUT2D eigenvalue weighted by Crippen LogP contribution is -2.31. The van der Waals surface area contributed by atoms with Gasteiger partial charge in [0.1, 0.15) is 17.5 Å². The number of aromatic nitrogens is 2. The number of nitrogens with one attached hydrogen (secondary N) is 2. The van der Waals surface area contributed by atoms with Gasteiger partial charge in [0, 0.05) is 25.6 Å². The van der Waals surface area contributed by atoms with E-state index in [0.717, 1.165) is 48.9 Å². The Morgan fingerprint density at radius 3 is 2.68 bits per heavy atom. The Kier molecular flexibility index (Phi) is 4.58. The van der Waals surface area contributed by atoms with Crippen LogP contribution in [0.15, 0.2) is 0 Å².